The summed E-state index contributed by atoms with van der Waals surface area (Å²) in [6, 6.07) is 14.0. The largest absolute Gasteiger partial charge is 0.378 e. The highest BCUT2D eigenvalue weighted by Crippen LogP contribution is 2.14. The van der Waals surface area contributed by atoms with Crippen LogP contribution in [0.25, 0.3) is 0 Å². The second-order valence-corrected chi connectivity index (χ2v) is 7.44. The van der Waals surface area contributed by atoms with Crippen molar-refractivity contribution in [3.05, 3.63) is 59.7 Å². The van der Waals surface area contributed by atoms with Gasteiger partial charge in [-0.15, -0.1) is 0 Å². The van der Waals surface area contributed by atoms with E-state index in [2.05, 4.69) is 10.6 Å². The van der Waals surface area contributed by atoms with Gasteiger partial charge < -0.3 is 25.2 Å². The van der Waals surface area contributed by atoms with E-state index >= 15 is 0 Å². The first kappa shape index (κ1) is 23.3. The van der Waals surface area contributed by atoms with Gasteiger partial charge in [0.25, 0.3) is 11.8 Å². The van der Waals surface area contributed by atoms with Crippen LogP contribution in [0.5, 0.6) is 0 Å². The summed E-state index contributed by atoms with van der Waals surface area (Å²) in [5, 5.41) is 5.86. The molecular weight excluding hydrogens is 408 g/mol. The van der Waals surface area contributed by atoms with Crippen molar-refractivity contribution < 1.29 is 19.1 Å². The van der Waals surface area contributed by atoms with E-state index in [4.69, 9.17) is 4.74 Å². The Morgan fingerprint density at radius 3 is 2.28 bits per heavy atom. The third-order valence-electron chi connectivity index (χ3n) is 5.33. The summed E-state index contributed by atoms with van der Waals surface area (Å²) >= 11 is 0. The van der Waals surface area contributed by atoms with Crippen LogP contribution in [0, 0.1) is 0 Å². The fraction of sp³-hybridized carbons (Fsp3) is 0.375. The van der Waals surface area contributed by atoms with Crippen molar-refractivity contribution in [2.24, 2.45) is 0 Å². The number of morpholine rings is 1. The molecule has 3 amide bonds. The molecule has 1 aliphatic heterocycles. The van der Waals surface area contributed by atoms with E-state index in [1.165, 1.54) is 0 Å². The lowest BCUT2D eigenvalue weighted by Gasteiger charge is -2.26. The van der Waals surface area contributed by atoms with Gasteiger partial charge in [-0.05, 0) is 56.3 Å². The molecule has 0 bridgehead atoms. The topological polar surface area (TPSA) is 91.0 Å². The summed E-state index contributed by atoms with van der Waals surface area (Å²) in [4.78, 5) is 40.8. The van der Waals surface area contributed by atoms with Crippen molar-refractivity contribution in [3.8, 4) is 0 Å². The van der Waals surface area contributed by atoms with Crippen molar-refractivity contribution in [1.82, 2.24) is 9.80 Å². The minimum atomic E-state index is -0.224. The number of carbonyl (C=O) groups is 3. The Morgan fingerprint density at radius 2 is 1.62 bits per heavy atom. The molecule has 0 aliphatic carbocycles. The third kappa shape index (κ3) is 6.07. The summed E-state index contributed by atoms with van der Waals surface area (Å²) in [7, 11) is 0. The number of carbonyl (C=O) groups excluding carboxylic acids is 3. The predicted octanol–water partition coefficient (Wildman–Crippen LogP) is 2.69. The van der Waals surface area contributed by atoms with Gasteiger partial charge in [0.1, 0.15) is 0 Å². The summed E-state index contributed by atoms with van der Waals surface area (Å²) in [5.74, 6) is -0.292. The fourth-order valence-electron chi connectivity index (χ4n) is 3.49. The zero-order valence-electron chi connectivity index (χ0n) is 18.6. The van der Waals surface area contributed by atoms with Crippen molar-refractivity contribution in [2.45, 2.75) is 13.8 Å². The van der Waals surface area contributed by atoms with Gasteiger partial charge in [0, 0.05) is 48.7 Å². The van der Waals surface area contributed by atoms with Crippen molar-refractivity contribution in [1.29, 1.82) is 0 Å². The monoisotopic (exact) mass is 438 g/mol. The number of benzene rings is 2. The Kier molecular flexibility index (Phi) is 8.21. The smallest absolute Gasteiger partial charge is 0.254 e. The summed E-state index contributed by atoms with van der Waals surface area (Å²) in [6.45, 7) is 7.52. The predicted molar refractivity (Wildman–Crippen MR) is 124 cm³/mol. The van der Waals surface area contributed by atoms with Gasteiger partial charge in [-0.25, -0.2) is 0 Å². The lowest BCUT2D eigenvalue weighted by Crippen LogP contribution is -2.40. The Labute approximate surface area is 188 Å². The van der Waals surface area contributed by atoms with E-state index in [9.17, 15) is 14.4 Å². The molecule has 2 aromatic rings. The Hall–Kier alpha value is -3.39. The van der Waals surface area contributed by atoms with Gasteiger partial charge in [-0.2, -0.15) is 0 Å². The molecule has 32 heavy (non-hydrogen) atoms. The minimum absolute atomic E-state index is 0.0326. The second kappa shape index (κ2) is 11.3. The number of rotatable bonds is 8. The second-order valence-electron chi connectivity index (χ2n) is 7.44. The number of anilines is 2. The summed E-state index contributed by atoms with van der Waals surface area (Å²) in [5.41, 5.74) is 2.47. The van der Waals surface area contributed by atoms with Crippen molar-refractivity contribution in [2.75, 3.05) is 56.6 Å². The Bertz CT molecular complexity index is 935. The molecule has 1 saturated heterocycles. The van der Waals surface area contributed by atoms with E-state index in [1.54, 1.807) is 52.3 Å². The third-order valence-corrected chi connectivity index (χ3v) is 5.33. The van der Waals surface area contributed by atoms with Crippen LogP contribution in [-0.2, 0) is 9.53 Å². The van der Waals surface area contributed by atoms with Crippen LogP contribution in [-0.4, -0.2) is 73.5 Å². The molecule has 0 spiro atoms. The average Bonchev–Trinajstić information content (AvgIpc) is 2.84. The molecule has 8 nitrogen and oxygen atoms in total. The van der Waals surface area contributed by atoms with Crippen LogP contribution in [0.2, 0.25) is 0 Å². The molecule has 170 valence electrons. The van der Waals surface area contributed by atoms with Crippen LogP contribution in [0.4, 0.5) is 11.4 Å². The molecule has 0 saturated carbocycles. The standard InChI is InChI=1S/C24H30N4O4/c1-3-27(4-2)24(31)19-6-5-7-21(16-19)25-17-22(29)26-20-10-8-18(9-11-20)23(30)28-12-14-32-15-13-28/h5-11,16,25H,3-4,12-15,17H2,1-2H3,(H,26,29). The number of nitrogens with zero attached hydrogens (tertiary/aromatic N) is 2. The molecule has 1 heterocycles. The zero-order chi connectivity index (χ0) is 22.9. The normalized spacial score (nSPS) is 13.4. The maximum Gasteiger partial charge on any atom is 0.254 e. The summed E-state index contributed by atoms with van der Waals surface area (Å²) in [6.07, 6.45) is 0. The van der Waals surface area contributed by atoms with Gasteiger partial charge in [0.15, 0.2) is 0 Å². The molecule has 3 rings (SSSR count). The van der Waals surface area contributed by atoms with Gasteiger partial charge in [-0.1, -0.05) is 6.07 Å². The quantitative estimate of drug-likeness (QED) is 0.661. The molecule has 0 atom stereocenters. The highest BCUT2D eigenvalue weighted by molar-refractivity contribution is 5.97. The van der Waals surface area contributed by atoms with E-state index in [-0.39, 0.29) is 24.3 Å². The molecule has 2 aromatic carbocycles. The highest BCUT2D eigenvalue weighted by atomic mass is 16.5. The van der Waals surface area contributed by atoms with Crippen LogP contribution >= 0.6 is 0 Å². The van der Waals surface area contributed by atoms with Crippen LogP contribution in [0.15, 0.2) is 48.5 Å². The van der Waals surface area contributed by atoms with Crippen LogP contribution in [0.1, 0.15) is 34.6 Å². The van der Waals surface area contributed by atoms with E-state index in [0.717, 1.165) is 0 Å². The Balaban J connectivity index is 1.52. The van der Waals surface area contributed by atoms with E-state index in [0.29, 0.717) is 61.9 Å². The number of hydrogen-bond donors (Lipinski definition) is 2. The summed E-state index contributed by atoms with van der Waals surface area (Å²) < 4.78 is 5.28. The number of nitrogens with one attached hydrogen (secondary N) is 2. The fourth-order valence-corrected chi connectivity index (χ4v) is 3.49. The lowest BCUT2D eigenvalue weighted by molar-refractivity contribution is -0.114. The first-order chi connectivity index (χ1) is 15.5. The molecule has 8 heteroatoms. The van der Waals surface area contributed by atoms with Gasteiger partial charge in [-0.3, -0.25) is 14.4 Å². The lowest BCUT2D eigenvalue weighted by atomic mass is 10.1. The molecule has 0 aromatic heterocycles. The van der Waals surface area contributed by atoms with Crippen molar-refractivity contribution >= 4 is 29.1 Å². The van der Waals surface area contributed by atoms with Gasteiger partial charge in [0.05, 0.1) is 19.8 Å². The molecule has 2 N–H and O–H groups in total. The maximum absolute atomic E-state index is 12.5. The Morgan fingerprint density at radius 1 is 0.938 bits per heavy atom. The van der Waals surface area contributed by atoms with Crippen molar-refractivity contribution in [3.63, 3.8) is 0 Å². The zero-order valence-corrected chi connectivity index (χ0v) is 18.6. The molecule has 1 aliphatic rings. The number of ether oxygens (including phenoxy) is 1. The average molecular weight is 439 g/mol. The first-order valence-electron chi connectivity index (χ1n) is 10.9. The van der Waals surface area contributed by atoms with Gasteiger partial charge >= 0.3 is 0 Å². The SMILES string of the molecule is CCN(CC)C(=O)c1cccc(NCC(=O)Nc2ccc(C(=O)N3CCOCC3)cc2)c1. The molecule has 0 radical (unpaired) electrons. The van der Waals surface area contributed by atoms with Crippen LogP contribution in [0.3, 0.4) is 0 Å². The number of amides is 3. The van der Waals surface area contributed by atoms with E-state index < -0.39 is 0 Å². The minimum Gasteiger partial charge on any atom is -0.378 e. The van der Waals surface area contributed by atoms with Crippen LogP contribution < -0.4 is 10.6 Å². The maximum atomic E-state index is 12.5. The number of hydrogen-bond acceptors (Lipinski definition) is 5. The first-order valence-corrected chi connectivity index (χ1v) is 10.9. The molecular formula is C24H30N4O4. The van der Waals surface area contributed by atoms with Gasteiger partial charge in [0.2, 0.25) is 5.91 Å². The molecule has 1 fully saturated rings. The highest BCUT2D eigenvalue weighted by Gasteiger charge is 2.18. The molecule has 0 unspecified atom stereocenters. The van der Waals surface area contributed by atoms with E-state index in [1.807, 2.05) is 19.9 Å².